The first-order chi connectivity index (χ1) is 26.6. The summed E-state index contributed by atoms with van der Waals surface area (Å²) < 4.78 is 34.4. The number of nitrogens with zero attached hydrogens (tertiary/aromatic N) is 1. The molecule has 0 saturated heterocycles. The lowest BCUT2D eigenvalue weighted by molar-refractivity contribution is -0.870. The van der Waals surface area contributed by atoms with Crippen molar-refractivity contribution < 1.29 is 37.3 Å². The van der Waals surface area contributed by atoms with Crippen LogP contribution >= 0.6 is 7.82 Å². The number of phosphoric acid groups is 1. The Morgan fingerprint density at radius 2 is 1.05 bits per heavy atom. The van der Waals surface area contributed by atoms with Gasteiger partial charge in [-0.3, -0.25) is 9.36 Å². The first-order valence-electron chi connectivity index (χ1n) is 21.3. The number of carbonyl (C=O) groups excluding carboxylic acids is 1. The molecule has 0 aromatic rings. The third-order valence-electron chi connectivity index (χ3n) is 8.46. The molecule has 0 fully saturated rings. The number of esters is 1. The lowest BCUT2D eigenvalue weighted by atomic mass is 10.1. The van der Waals surface area contributed by atoms with Crippen LogP contribution in [0.4, 0.5) is 0 Å². The van der Waals surface area contributed by atoms with Gasteiger partial charge < -0.3 is 27.9 Å². The topological polar surface area (TPSA) is 94.1 Å². The number of hydrogen-bond donors (Lipinski definition) is 0. The molecule has 2 atom stereocenters. The van der Waals surface area contributed by atoms with Gasteiger partial charge in [0.15, 0.2) is 0 Å². The van der Waals surface area contributed by atoms with Crippen molar-refractivity contribution in [2.45, 2.75) is 148 Å². The predicted octanol–water partition coefficient (Wildman–Crippen LogP) is 11.9. The first-order valence-corrected chi connectivity index (χ1v) is 22.8. The zero-order valence-electron chi connectivity index (χ0n) is 35.6. The zero-order valence-corrected chi connectivity index (χ0v) is 36.5. The third kappa shape index (κ3) is 42.7. The summed E-state index contributed by atoms with van der Waals surface area (Å²) in [5, 5.41) is 0. The lowest BCUT2D eigenvalue weighted by Gasteiger charge is -2.28. The van der Waals surface area contributed by atoms with Crippen LogP contribution < -0.4 is 4.89 Å². The molecule has 9 heteroatoms. The van der Waals surface area contributed by atoms with Crippen LogP contribution in [-0.2, 0) is 27.9 Å². The minimum Gasteiger partial charge on any atom is -0.756 e. The summed E-state index contributed by atoms with van der Waals surface area (Å²) in [6, 6.07) is 0. The molecular weight excluding hydrogens is 709 g/mol. The minimum atomic E-state index is -4.53. The van der Waals surface area contributed by atoms with Crippen LogP contribution in [-0.4, -0.2) is 70.7 Å². The highest BCUT2D eigenvalue weighted by Crippen LogP contribution is 2.38. The van der Waals surface area contributed by atoms with Gasteiger partial charge in [-0.2, -0.15) is 0 Å². The SMILES string of the molecule is CC/C=C\C/C=C\C/C=C\C/C=C\C/C=C\C/C=C\C/C=C\CCCCCCOCC(COP(=O)([O-])OCC[N+](C)(C)C)OC(=O)CCCCCCCCC. The van der Waals surface area contributed by atoms with Crippen molar-refractivity contribution in [2.24, 2.45) is 0 Å². The molecule has 0 aliphatic carbocycles. The molecule has 0 spiro atoms. The lowest BCUT2D eigenvalue weighted by Crippen LogP contribution is -2.37. The molecule has 316 valence electrons. The van der Waals surface area contributed by atoms with Crippen LogP contribution in [0.1, 0.15) is 142 Å². The average Bonchev–Trinajstić information content (AvgIpc) is 3.13. The van der Waals surface area contributed by atoms with Crippen molar-refractivity contribution in [3.05, 3.63) is 85.1 Å². The monoisotopic (exact) mass is 790 g/mol. The van der Waals surface area contributed by atoms with E-state index in [0.29, 0.717) is 24.1 Å². The summed E-state index contributed by atoms with van der Waals surface area (Å²) in [4.78, 5) is 24.8. The van der Waals surface area contributed by atoms with Gasteiger partial charge in [-0.25, -0.2) is 0 Å². The zero-order chi connectivity index (χ0) is 40.6. The Bertz CT molecular complexity index is 1150. The van der Waals surface area contributed by atoms with E-state index in [1.807, 2.05) is 21.1 Å². The fourth-order valence-corrected chi connectivity index (χ4v) is 5.90. The maximum absolute atomic E-state index is 12.5. The van der Waals surface area contributed by atoms with Gasteiger partial charge in [0, 0.05) is 13.0 Å². The van der Waals surface area contributed by atoms with Gasteiger partial charge in [0.05, 0.1) is 34.4 Å². The van der Waals surface area contributed by atoms with Crippen molar-refractivity contribution >= 4 is 13.8 Å². The van der Waals surface area contributed by atoms with Gasteiger partial charge >= 0.3 is 5.97 Å². The van der Waals surface area contributed by atoms with Crippen LogP contribution in [0.3, 0.4) is 0 Å². The first kappa shape index (κ1) is 52.7. The summed E-state index contributed by atoms with van der Waals surface area (Å²) in [5.41, 5.74) is 0. The van der Waals surface area contributed by atoms with Crippen LogP contribution in [0.15, 0.2) is 85.1 Å². The van der Waals surface area contributed by atoms with E-state index in [1.165, 1.54) is 25.7 Å². The molecule has 0 aliphatic rings. The Balaban J connectivity index is 4.16. The van der Waals surface area contributed by atoms with E-state index in [2.05, 4.69) is 98.9 Å². The normalized spacial score (nSPS) is 14.7. The van der Waals surface area contributed by atoms with Gasteiger partial charge in [0.2, 0.25) is 0 Å². The van der Waals surface area contributed by atoms with Gasteiger partial charge in [0.1, 0.15) is 19.3 Å². The molecule has 55 heavy (non-hydrogen) atoms. The Morgan fingerprint density at radius 3 is 1.58 bits per heavy atom. The summed E-state index contributed by atoms with van der Waals surface area (Å²) in [5.74, 6) is -0.355. The van der Waals surface area contributed by atoms with E-state index < -0.39 is 13.9 Å². The van der Waals surface area contributed by atoms with E-state index >= 15 is 0 Å². The van der Waals surface area contributed by atoms with Crippen molar-refractivity contribution in [3.63, 3.8) is 0 Å². The molecule has 0 rings (SSSR count). The molecule has 8 nitrogen and oxygen atoms in total. The molecule has 0 aliphatic heterocycles. The standard InChI is InChI=1S/C46H80NO7P/c1-6-8-10-12-14-15-16-17-18-19-20-21-22-23-24-25-26-27-28-29-30-31-32-34-36-38-41-51-43-45(44-53-55(49,50)52-42-40-47(3,4)5)54-46(48)39-37-35-33-13-11-9-7-2/h8,10,14-15,17-18,20-21,23-24,26-27,29-30,45H,6-7,9,11-13,16,19,22,25,28,31-44H2,1-5H3/b10-8-,15-14-,18-17-,21-20-,24-23-,27-26-,30-29-. The average molecular weight is 790 g/mol. The number of likely N-dealkylation sites (N-methyl/N-ethyl adjacent to an activating group) is 1. The molecule has 0 bridgehead atoms. The Labute approximate surface area is 337 Å². The van der Waals surface area contributed by atoms with Crippen LogP contribution in [0.25, 0.3) is 0 Å². The van der Waals surface area contributed by atoms with Crippen molar-refractivity contribution in [1.29, 1.82) is 0 Å². The molecule has 0 saturated carbocycles. The Morgan fingerprint density at radius 1 is 0.582 bits per heavy atom. The molecule has 0 aromatic carbocycles. The predicted molar refractivity (Wildman–Crippen MR) is 231 cm³/mol. The van der Waals surface area contributed by atoms with Crippen molar-refractivity contribution in [1.82, 2.24) is 0 Å². The van der Waals surface area contributed by atoms with Gasteiger partial charge in [-0.15, -0.1) is 0 Å². The molecule has 0 aromatic heterocycles. The van der Waals surface area contributed by atoms with Gasteiger partial charge in [-0.1, -0.05) is 150 Å². The third-order valence-corrected chi connectivity index (χ3v) is 9.43. The highest BCUT2D eigenvalue weighted by molar-refractivity contribution is 7.45. The molecule has 0 N–H and O–H groups in total. The quantitative estimate of drug-likeness (QED) is 0.0202. The largest absolute Gasteiger partial charge is 0.756 e. The second kappa shape index (κ2) is 38.5. The van der Waals surface area contributed by atoms with Crippen LogP contribution in [0, 0.1) is 0 Å². The van der Waals surface area contributed by atoms with Crippen LogP contribution in [0.2, 0.25) is 0 Å². The fourth-order valence-electron chi connectivity index (χ4n) is 5.17. The van der Waals surface area contributed by atoms with Gasteiger partial charge in [0.25, 0.3) is 7.82 Å². The number of ether oxygens (including phenoxy) is 2. The van der Waals surface area contributed by atoms with E-state index in [-0.39, 0.29) is 25.8 Å². The van der Waals surface area contributed by atoms with Crippen molar-refractivity contribution in [2.75, 3.05) is 54.1 Å². The smallest absolute Gasteiger partial charge is 0.306 e. The Kier molecular flexibility index (Phi) is 36.9. The second-order valence-corrected chi connectivity index (χ2v) is 16.4. The molecular formula is C46H80NO7P. The Hall–Kier alpha value is -2.32. The maximum atomic E-state index is 12.5. The molecule has 0 radical (unpaired) electrons. The van der Waals surface area contributed by atoms with E-state index in [4.69, 9.17) is 18.5 Å². The summed E-state index contributed by atoms with van der Waals surface area (Å²) >= 11 is 0. The molecule has 2 unspecified atom stereocenters. The van der Waals surface area contributed by atoms with E-state index in [9.17, 15) is 14.3 Å². The number of allylic oxidation sites excluding steroid dienone is 14. The highest BCUT2D eigenvalue weighted by atomic mass is 31.2. The summed E-state index contributed by atoms with van der Waals surface area (Å²) in [6.45, 7) is 5.15. The number of phosphoric ester groups is 1. The maximum Gasteiger partial charge on any atom is 0.306 e. The molecule has 0 amide bonds. The number of carbonyl (C=O) groups is 1. The number of quaternary nitrogens is 1. The second-order valence-electron chi connectivity index (χ2n) is 15.0. The van der Waals surface area contributed by atoms with E-state index in [0.717, 1.165) is 96.3 Å². The van der Waals surface area contributed by atoms with E-state index in [1.54, 1.807) is 0 Å². The minimum absolute atomic E-state index is 0.0166. The molecule has 0 heterocycles. The highest BCUT2D eigenvalue weighted by Gasteiger charge is 2.20. The number of hydrogen-bond acceptors (Lipinski definition) is 7. The number of rotatable bonds is 38. The van der Waals surface area contributed by atoms with Gasteiger partial charge in [-0.05, 0) is 70.6 Å². The van der Waals surface area contributed by atoms with Crippen molar-refractivity contribution in [3.8, 4) is 0 Å². The number of unbranched alkanes of at least 4 members (excludes halogenated alkanes) is 10. The fraction of sp³-hybridized carbons (Fsp3) is 0.674. The van der Waals surface area contributed by atoms with Crippen LogP contribution in [0.5, 0.6) is 0 Å². The summed E-state index contributed by atoms with van der Waals surface area (Å²) in [6.07, 6.45) is 50.5. The summed E-state index contributed by atoms with van der Waals surface area (Å²) in [7, 11) is 1.32.